The minimum absolute atomic E-state index is 0.0836. The number of aromatic amines is 1. The lowest BCUT2D eigenvalue weighted by Crippen LogP contribution is -2.54. The van der Waals surface area contributed by atoms with E-state index in [1.165, 1.54) is 24.3 Å². The first-order chi connectivity index (χ1) is 12.9. The summed E-state index contributed by atoms with van der Waals surface area (Å²) in [6.07, 6.45) is 3.13. The molecule has 1 unspecified atom stereocenters. The number of pyridine rings is 1. The molecule has 27 heavy (non-hydrogen) atoms. The van der Waals surface area contributed by atoms with Crippen molar-refractivity contribution >= 4 is 22.7 Å². The molecule has 2 aromatic rings. The molecule has 0 radical (unpaired) electrons. The fraction of sp³-hybridized carbons (Fsp3) is 0.450. The highest BCUT2D eigenvalue weighted by Gasteiger charge is 2.42. The molecule has 7 heteroatoms. The van der Waals surface area contributed by atoms with Gasteiger partial charge < -0.3 is 14.8 Å². The second kappa shape index (κ2) is 6.48. The molecular weight excluding hydrogens is 349 g/mol. The number of H-pyrrole nitrogens is 1. The molecule has 2 aliphatic rings. The van der Waals surface area contributed by atoms with Crippen molar-refractivity contribution in [3.8, 4) is 0 Å². The highest BCUT2D eigenvalue weighted by Crippen LogP contribution is 2.39. The van der Waals surface area contributed by atoms with Crippen molar-refractivity contribution in [1.82, 2.24) is 14.8 Å². The maximum absolute atomic E-state index is 13.5. The highest BCUT2D eigenvalue weighted by atomic mass is 19.1. The molecule has 1 atom stereocenters. The molecule has 0 bridgehead atoms. The van der Waals surface area contributed by atoms with Crippen molar-refractivity contribution in [2.75, 3.05) is 26.7 Å². The van der Waals surface area contributed by atoms with Crippen LogP contribution >= 0.6 is 0 Å². The quantitative estimate of drug-likeness (QED) is 0.835. The summed E-state index contributed by atoms with van der Waals surface area (Å²) in [4.78, 5) is 43.2. The summed E-state index contributed by atoms with van der Waals surface area (Å²) in [6.45, 7) is 1.84. The summed E-state index contributed by atoms with van der Waals surface area (Å²) in [5.41, 5.74) is 0.109. The van der Waals surface area contributed by atoms with Crippen LogP contribution in [0.4, 0.5) is 4.39 Å². The summed E-state index contributed by atoms with van der Waals surface area (Å²) >= 11 is 0. The first kappa shape index (κ1) is 17.7. The average Bonchev–Trinajstić information content (AvgIpc) is 2.63. The molecule has 142 valence electrons. The summed E-state index contributed by atoms with van der Waals surface area (Å²) in [5.74, 6) is -0.530. The molecule has 2 aliphatic heterocycles. The zero-order valence-corrected chi connectivity index (χ0v) is 15.3. The number of piperidine rings is 2. The topological polar surface area (TPSA) is 73.5 Å². The predicted molar refractivity (Wildman–Crippen MR) is 99.0 cm³/mol. The van der Waals surface area contributed by atoms with E-state index in [1.54, 1.807) is 9.80 Å². The van der Waals surface area contributed by atoms with Crippen LogP contribution in [-0.2, 0) is 4.79 Å². The molecule has 2 saturated heterocycles. The fourth-order valence-electron chi connectivity index (χ4n) is 4.53. The maximum atomic E-state index is 13.5. The Bertz CT molecular complexity index is 986. The minimum Gasteiger partial charge on any atom is -0.345 e. The van der Waals surface area contributed by atoms with Crippen molar-refractivity contribution < 1.29 is 14.0 Å². The Morgan fingerprint density at radius 1 is 1.19 bits per heavy atom. The SMILES string of the molecule is CN1CC2(CCCN(C(=O)c3cc(=O)[nH]c4cc(F)ccc34)C2)CCC1=O. The number of fused-ring (bicyclic) bond motifs is 1. The first-order valence-electron chi connectivity index (χ1n) is 9.23. The van der Waals surface area contributed by atoms with E-state index in [4.69, 9.17) is 0 Å². The summed E-state index contributed by atoms with van der Waals surface area (Å²) in [5, 5.41) is 0.538. The van der Waals surface area contributed by atoms with Gasteiger partial charge in [-0.1, -0.05) is 0 Å². The van der Waals surface area contributed by atoms with Crippen molar-refractivity contribution in [2.24, 2.45) is 5.41 Å². The van der Waals surface area contributed by atoms with E-state index in [-0.39, 0.29) is 17.2 Å². The molecule has 0 aliphatic carbocycles. The normalized spacial score (nSPS) is 23.3. The van der Waals surface area contributed by atoms with E-state index in [0.29, 0.717) is 42.5 Å². The van der Waals surface area contributed by atoms with Gasteiger partial charge in [0, 0.05) is 50.0 Å². The Morgan fingerprint density at radius 2 is 2.00 bits per heavy atom. The summed E-state index contributed by atoms with van der Waals surface area (Å²) < 4.78 is 13.5. The second-order valence-corrected chi connectivity index (χ2v) is 7.82. The third-order valence-corrected chi connectivity index (χ3v) is 5.85. The van der Waals surface area contributed by atoms with Gasteiger partial charge in [0.1, 0.15) is 5.82 Å². The van der Waals surface area contributed by atoms with Gasteiger partial charge in [-0.25, -0.2) is 4.39 Å². The largest absolute Gasteiger partial charge is 0.345 e. The standard InChI is InChI=1S/C20H22FN3O3/c1-23-11-20(7-5-18(23)26)6-2-8-24(12-20)19(27)15-10-17(25)22-16-9-13(21)3-4-14(15)16/h3-4,9-10H,2,5-8,11-12H2,1H3,(H,22,25). The number of nitrogens with one attached hydrogen (secondary N) is 1. The Kier molecular flexibility index (Phi) is 4.25. The number of carbonyl (C=O) groups excluding carboxylic acids is 2. The van der Waals surface area contributed by atoms with Crippen LogP contribution in [0.2, 0.25) is 0 Å². The Hall–Kier alpha value is -2.70. The molecular formula is C20H22FN3O3. The number of amides is 2. The van der Waals surface area contributed by atoms with Gasteiger partial charge in [-0.15, -0.1) is 0 Å². The number of carbonyl (C=O) groups is 2. The van der Waals surface area contributed by atoms with Crippen LogP contribution in [0, 0.1) is 11.2 Å². The van der Waals surface area contributed by atoms with E-state index < -0.39 is 11.4 Å². The van der Waals surface area contributed by atoms with Gasteiger partial charge >= 0.3 is 0 Å². The Labute approximate surface area is 156 Å². The average molecular weight is 371 g/mol. The summed E-state index contributed by atoms with van der Waals surface area (Å²) in [7, 11) is 1.81. The Morgan fingerprint density at radius 3 is 2.78 bits per heavy atom. The number of likely N-dealkylation sites (tertiary alicyclic amines) is 2. The van der Waals surface area contributed by atoms with Crippen molar-refractivity contribution in [3.05, 3.63) is 46.0 Å². The molecule has 4 rings (SSSR count). The fourth-order valence-corrected chi connectivity index (χ4v) is 4.53. The maximum Gasteiger partial charge on any atom is 0.254 e. The van der Waals surface area contributed by atoms with Gasteiger partial charge in [0.15, 0.2) is 0 Å². The third-order valence-electron chi connectivity index (χ3n) is 5.85. The number of aromatic nitrogens is 1. The van der Waals surface area contributed by atoms with Crippen molar-refractivity contribution in [1.29, 1.82) is 0 Å². The van der Waals surface area contributed by atoms with Crippen LogP contribution in [0.1, 0.15) is 36.0 Å². The van der Waals surface area contributed by atoms with Crippen molar-refractivity contribution in [3.63, 3.8) is 0 Å². The first-order valence-corrected chi connectivity index (χ1v) is 9.23. The minimum atomic E-state index is -0.463. The monoisotopic (exact) mass is 371 g/mol. The number of hydrogen-bond acceptors (Lipinski definition) is 3. The smallest absolute Gasteiger partial charge is 0.254 e. The highest BCUT2D eigenvalue weighted by molar-refractivity contribution is 6.06. The van der Waals surface area contributed by atoms with Crippen molar-refractivity contribution in [2.45, 2.75) is 25.7 Å². The zero-order valence-electron chi connectivity index (χ0n) is 15.3. The van der Waals surface area contributed by atoms with E-state index in [1.807, 2.05) is 7.05 Å². The van der Waals surface area contributed by atoms with Crippen LogP contribution in [0.25, 0.3) is 10.9 Å². The van der Waals surface area contributed by atoms with E-state index in [0.717, 1.165) is 19.3 Å². The molecule has 1 N–H and O–H groups in total. The van der Waals surface area contributed by atoms with Gasteiger partial charge in [-0.2, -0.15) is 0 Å². The second-order valence-electron chi connectivity index (χ2n) is 7.82. The molecule has 2 amide bonds. The molecule has 3 heterocycles. The van der Waals surface area contributed by atoms with Gasteiger partial charge in [-0.05, 0) is 37.5 Å². The summed E-state index contributed by atoms with van der Waals surface area (Å²) in [6, 6.07) is 5.34. The van der Waals surface area contributed by atoms with E-state index in [2.05, 4.69) is 4.98 Å². The number of hydrogen-bond donors (Lipinski definition) is 1. The molecule has 0 saturated carbocycles. The lowest BCUT2D eigenvalue weighted by Gasteiger charge is -2.47. The predicted octanol–water partition coefficient (Wildman–Crippen LogP) is 2.14. The van der Waals surface area contributed by atoms with E-state index in [9.17, 15) is 18.8 Å². The molecule has 1 aromatic carbocycles. The molecule has 1 aromatic heterocycles. The van der Waals surface area contributed by atoms with Gasteiger partial charge in [-0.3, -0.25) is 14.4 Å². The van der Waals surface area contributed by atoms with Crippen LogP contribution in [-0.4, -0.2) is 53.3 Å². The van der Waals surface area contributed by atoms with Gasteiger partial charge in [0.05, 0.1) is 11.1 Å². The number of rotatable bonds is 1. The van der Waals surface area contributed by atoms with Crippen LogP contribution in [0.15, 0.2) is 29.1 Å². The van der Waals surface area contributed by atoms with Crippen LogP contribution in [0.3, 0.4) is 0 Å². The third kappa shape index (κ3) is 3.22. The Balaban J connectivity index is 1.66. The number of nitrogens with zero attached hydrogens (tertiary/aromatic N) is 2. The molecule has 2 fully saturated rings. The van der Waals surface area contributed by atoms with Crippen LogP contribution < -0.4 is 5.56 Å². The number of benzene rings is 1. The van der Waals surface area contributed by atoms with Gasteiger partial charge in [0.2, 0.25) is 11.5 Å². The lowest BCUT2D eigenvalue weighted by molar-refractivity contribution is -0.137. The van der Waals surface area contributed by atoms with Gasteiger partial charge in [0.25, 0.3) is 5.91 Å². The number of halogens is 1. The van der Waals surface area contributed by atoms with Crippen LogP contribution in [0.5, 0.6) is 0 Å². The molecule has 6 nitrogen and oxygen atoms in total. The molecule has 1 spiro atoms. The lowest BCUT2D eigenvalue weighted by atomic mass is 9.73. The van der Waals surface area contributed by atoms with E-state index >= 15 is 0 Å². The zero-order chi connectivity index (χ0) is 19.2.